The Morgan fingerprint density at radius 1 is 0.781 bits per heavy atom. The summed E-state index contributed by atoms with van der Waals surface area (Å²) in [6, 6.07) is 5.78. The summed E-state index contributed by atoms with van der Waals surface area (Å²) in [6.45, 7) is 8.00. The predicted octanol–water partition coefficient (Wildman–Crippen LogP) is 5.83. The number of benzene rings is 1. The van der Waals surface area contributed by atoms with Crippen LogP contribution in [0.4, 0.5) is 0 Å². The van der Waals surface area contributed by atoms with E-state index in [2.05, 4.69) is 40.0 Å². The number of nitrogens with zero attached hydrogens (tertiary/aromatic N) is 2. The Kier molecular flexibility index (Phi) is 17.0. The number of hydrogen-bond acceptors (Lipinski definition) is 4. The molecule has 0 aliphatic carbocycles. The first-order valence-electron chi connectivity index (χ1n) is 12.5. The van der Waals surface area contributed by atoms with Gasteiger partial charge in [-0.3, -0.25) is 0 Å². The second-order valence-corrected chi connectivity index (χ2v) is 11.4. The second kappa shape index (κ2) is 17.5. The summed E-state index contributed by atoms with van der Waals surface area (Å²) in [7, 11) is 4.85. The van der Waals surface area contributed by atoms with Crippen molar-refractivity contribution >= 4 is 10.1 Å². The van der Waals surface area contributed by atoms with Gasteiger partial charge in [-0.2, -0.15) is 0 Å². The summed E-state index contributed by atoms with van der Waals surface area (Å²) in [5.41, 5.74) is 0.928. The van der Waals surface area contributed by atoms with Crippen LogP contribution in [-0.2, 0) is 10.1 Å². The van der Waals surface area contributed by atoms with E-state index in [1.54, 1.807) is 12.1 Å². The lowest BCUT2D eigenvalue weighted by Crippen LogP contribution is -2.42. The molecule has 5 nitrogen and oxygen atoms in total. The lowest BCUT2D eigenvalue weighted by molar-refractivity contribution is -0.890. The molecule has 0 unspecified atom stereocenters. The van der Waals surface area contributed by atoms with E-state index in [0.717, 1.165) is 5.56 Å². The third kappa shape index (κ3) is 18.6. The summed E-state index contributed by atoms with van der Waals surface area (Å²) in [6.07, 6.45) is 15.7. The topological polar surface area (TPSA) is 60.4 Å². The van der Waals surface area contributed by atoms with Crippen molar-refractivity contribution in [1.82, 2.24) is 4.90 Å². The number of rotatable bonds is 16. The van der Waals surface area contributed by atoms with Crippen molar-refractivity contribution in [3.63, 3.8) is 0 Å². The van der Waals surface area contributed by atoms with E-state index >= 15 is 0 Å². The van der Waals surface area contributed by atoms with Crippen LogP contribution in [0.25, 0.3) is 0 Å². The van der Waals surface area contributed by atoms with Gasteiger partial charge < -0.3 is 13.9 Å². The minimum Gasteiger partial charge on any atom is -0.744 e. The number of unbranched alkanes of at least 4 members (excludes halogenated alkanes) is 9. The Morgan fingerprint density at radius 2 is 1.22 bits per heavy atom. The average Bonchev–Trinajstić information content (AvgIpc) is 2.69. The zero-order chi connectivity index (χ0) is 24.5. The van der Waals surface area contributed by atoms with E-state index < -0.39 is 10.1 Å². The van der Waals surface area contributed by atoms with Crippen LogP contribution in [0, 0.1) is 6.92 Å². The van der Waals surface area contributed by atoms with Crippen molar-refractivity contribution in [2.24, 2.45) is 0 Å². The molecule has 1 aromatic rings. The van der Waals surface area contributed by atoms with Gasteiger partial charge in [-0.1, -0.05) is 76.0 Å². The molecule has 188 valence electrons. The van der Waals surface area contributed by atoms with Crippen LogP contribution in [0.15, 0.2) is 29.2 Å². The van der Waals surface area contributed by atoms with Gasteiger partial charge in [-0.05, 0) is 46.0 Å². The summed E-state index contributed by atoms with van der Waals surface area (Å²) < 4.78 is 32.4. The Morgan fingerprint density at radius 3 is 1.66 bits per heavy atom. The Balaban J connectivity index is 0.000000726. The number of hydrogen-bond donors (Lipinski definition) is 0. The van der Waals surface area contributed by atoms with Gasteiger partial charge in [0, 0.05) is 13.0 Å². The molecule has 0 heterocycles. The minimum absolute atomic E-state index is 0.178. The average molecular weight is 471 g/mol. The maximum absolute atomic E-state index is 10.4. The highest BCUT2D eigenvalue weighted by Gasteiger charge is 2.13. The Labute approximate surface area is 199 Å². The second-order valence-electron chi connectivity index (χ2n) is 9.99. The first-order valence-corrected chi connectivity index (χ1v) is 13.9. The SMILES string of the molecule is CCCCCCCCCCCC[N+](C)(C)CCCN(C)C.Cc1ccc(S(=O)(=O)[O-])cc1. The molecule has 0 amide bonds. The molecular weight excluding hydrogens is 420 g/mol. The smallest absolute Gasteiger partial charge is 0.124 e. The van der Waals surface area contributed by atoms with Crippen molar-refractivity contribution in [2.75, 3.05) is 47.8 Å². The van der Waals surface area contributed by atoms with Gasteiger partial charge in [-0.15, -0.1) is 0 Å². The van der Waals surface area contributed by atoms with Gasteiger partial charge in [0.2, 0.25) is 0 Å². The molecule has 0 bridgehead atoms. The van der Waals surface area contributed by atoms with Crippen molar-refractivity contribution < 1.29 is 17.5 Å². The standard InChI is InChI=1S/C19H43N2.C7H8O3S/c1-6-7-8-9-10-11-12-13-14-15-18-21(4,5)19-16-17-20(2)3;1-6-2-4-7(5-3-6)11(8,9)10/h6-19H2,1-5H3;2-5H,1H3,(H,8,9,10)/q+1;/p-1. The van der Waals surface area contributed by atoms with E-state index in [4.69, 9.17) is 0 Å². The fourth-order valence-electron chi connectivity index (χ4n) is 3.66. The number of aryl methyl sites for hydroxylation is 1. The van der Waals surface area contributed by atoms with E-state index in [1.165, 1.54) is 107 Å². The molecular formula is C26H50N2O3S. The fourth-order valence-corrected chi connectivity index (χ4v) is 4.13. The first-order chi connectivity index (χ1) is 15.0. The zero-order valence-corrected chi connectivity index (χ0v) is 22.6. The third-order valence-corrected chi connectivity index (χ3v) is 6.64. The Hall–Kier alpha value is -0.950. The van der Waals surface area contributed by atoms with Crippen molar-refractivity contribution in [3.8, 4) is 0 Å². The van der Waals surface area contributed by atoms with Gasteiger partial charge in [0.05, 0.1) is 32.1 Å². The quantitative estimate of drug-likeness (QED) is 0.173. The summed E-state index contributed by atoms with van der Waals surface area (Å²) in [4.78, 5) is 2.11. The van der Waals surface area contributed by atoms with Crippen LogP contribution < -0.4 is 0 Å². The van der Waals surface area contributed by atoms with Crippen LogP contribution >= 0.6 is 0 Å². The van der Waals surface area contributed by atoms with Crippen LogP contribution in [0.1, 0.15) is 83.1 Å². The molecule has 0 aliphatic rings. The highest BCUT2D eigenvalue weighted by molar-refractivity contribution is 7.85. The van der Waals surface area contributed by atoms with E-state index in [1.807, 2.05) is 6.92 Å². The summed E-state index contributed by atoms with van der Waals surface area (Å²) >= 11 is 0. The van der Waals surface area contributed by atoms with Crippen molar-refractivity contribution in [2.45, 2.75) is 89.4 Å². The molecule has 1 aromatic carbocycles. The molecule has 0 saturated heterocycles. The monoisotopic (exact) mass is 470 g/mol. The molecule has 0 spiro atoms. The lowest BCUT2D eigenvalue weighted by atomic mass is 10.1. The highest BCUT2D eigenvalue weighted by atomic mass is 32.2. The zero-order valence-electron chi connectivity index (χ0n) is 21.7. The molecule has 0 aromatic heterocycles. The molecule has 32 heavy (non-hydrogen) atoms. The molecule has 0 atom stereocenters. The van der Waals surface area contributed by atoms with Crippen LogP contribution in [0.5, 0.6) is 0 Å². The molecule has 1 rings (SSSR count). The van der Waals surface area contributed by atoms with Crippen LogP contribution in [-0.4, -0.2) is 70.2 Å². The normalized spacial score (nSPS) is 12.0. The van der Waals surface area contributed by atoms with E-state index in [0.29, 0.717) is 0 Å². The summed E-state index contributed by atoms with van der Waals surface area (Å²) in [5, 5.41) is 0. The lowest BCUT2D eigenvalue weighted by Gasteiger charge is -2.30. The van der Waals surface area contributed by atoms with Gasteiger partial charge in [0.15, 0.2) is 0 Å². The molecule has 0 radical (unpaired) electrons. The predicted molar refractivity (Wildman–Crippen MR) is 136 cm³/mol. The maximum atomic E-state index is 10.4. The molecule has 0 N–H and O–H groups in total. The van der Waals surface area contributed by atoms with E-state index in [-0.39, 0.29) is 4.90 Å². The fraction of sp³-hybridized carbons (Fsp3) is 0.769. The van der Waals surface area contributed by atoms with Gasteiger partial charge in [0.1, 0.15) is 10.1 Å². The number of quaternary nitrogens is 1. The molecule has 0 aliphatic heterocycles. The van der Waals surface area contributed by atoms with Crippen molar-refractivity contribution in [3.05, 3.63) is 29.8 Å². The minimum atomic E-state index is -4.27. The van der Waals surface area contributed by atoms with E-state index in [9.17, 15) is 13.0 Å². The van der Waals surface area contributed by atoms with Gasteiger partial charge in [0.25, 0.3) is 0 Å². The van der Waals surface area contributed by atoms with Crippen LogP contribution in [0.2, 0.25) is 0 Å². The maximum Gasteiger partial charge on any atom is 0.124 e. The van der Waals surface area contributed by atoms with Gasteiger partial charge in [-0.25, -0.2) is 8.42 Å². The first kappa shape index (κ1) is 31.0. The Bertz CT molecular complexity index is 671. The molecule has 0 saturated carbocycles. The molecule has 6 heteroatoms. The highest BCUT2D eigenvalue weighted by Crippen LogP contribution is 2.12. The van der Waals surface area contributed by atoms with Crippen molar-refractivity contribution in [1.29, 1.82) is 0 Å². The van der Waals surface area contributed by atoms with Crippen LogP contribution in [0.3, 0.4) is 0 Å². The third-order valence-electron chi connectivity index (χ3n) is 5.80. The summed E-state index contributed by atoms with van der Waals surface area (Å²) in [5.74, 6) is 0. The molecule has 0 fully saturated rings. The largest absolute Gasteiger partial charge is 0.744 e. The van der Waals surface area contributed by atoms with Gasteiger partial charge >= 0.3 is 0 Å².